The maximum atomic E-state index is 4.49. The lowest BCUT2D eigenvalue weighted by Crippen LogP contribution is -2.52. The standard InChI is InChI=1S/C39H52Si/c1-5-9-10-11-12-13-14-15-16-26-33-40(37(6-2)34-27-20-17-21-28-34,38(7-3)35-29-22-18-23-30-35)39(8-4)36-31-24-19-25-32-36/h6-8,17-25,27-32,37-39H,2-5,9-16,26,33H2,1H3. The molecule has 212 valence electrons. The molecule has 0 fully saturated rings. The van der Waals surface area contributed by atoms with Gasteiger partial charge >= 0.3 is 0 Å². The van der Waals surface area contributed by atoms with Crippen molar-refractivity contribution < 1.29 is 0 Å². The van der Waals surface area contributed by atoms with E-state index >= 15 is 0 Å². The normalized spacial score (nSPS) is 14.9. The van der Waals surface area contributed by atoms with E-state index in [0.717, 1.165) is 0 Å². The van der Waals surface area contributed by atoms with Crippen molar-refractivity contribution in [1.29, 1.82) is 0 Å². The van der Waals surface area contributed by atoms with Gasteiger partial charge in [0.25, 0.3) is 0 Å². The van der Waals surface area contributed by atoms with Crippen molar-refractivity contribution in [3.63, 3.8) is 0 Å². The quantitative estimate of drug-likeness (QED) is 0.0748. The molecule has 0 bridgehead atoms. The van der Waals surface area contributed by atoms with Gasteiger partial charge in [-0.25, -0.2) is 0 Å². The van der Waals surface area contributed by atoms with Gasteiger partial charge in [-0.1, -0.05) is 186 Å². The molecule has 0 aliphatic carbocycles. The number of unbranched alkanes of at least 4 members (excludes halogenated alkanes) is 9. The Labute approximate surface area is 247 Å². The van der Waals surface area contributed by atoms with E-state index in [4.69, 9.17) is 0 Å². The predicted molar refractivity (Wildman–Crippen MR) is 181 cm³/mol. The highest BCUT2D eigenvalue weighted by atomic mass is 28.3. The predicted octanol–water partition coefficient (Wildman–Crippen LogP) is 11.9. The SMILES string of the molecule is C=CC(c1ccccc1)[Si](CCCCCCCCCCCC)(C(C=C)c1ccccc1)C(C=C)c1ccccc1. The lowest BCUT2D eigenvalue weighted by Gasteiger charge is -2.48. The van der Waals surface area contributed by atoms with Gasteiger partial charge < -0.3 is 0 Å². The summed E-state index contributed by atoms with van der Waals surface area (Å²) in [6.45, 7) is 15.8. The summed E-state index contributed by atoms with van der Waals surface area (Å²) in [4.78, 5) is 0. The molecule has 0 N–H and O–H groups in total. The molecule has 3 rings (SSSR count). The third-order valence-electron chi connectivity index (χ3n) is 8.88. The first-order valence-corrected chi connectivity index (χ1v) is 18.2. The van der Waals surface area contributed by atoms with Gasteiger partial charge in [-0.05, 0) is 33.3 Å². The van der Waals surface area contributed by atoms with Crippen LogP contribution in [0.2, 0.25) is 6.04 Å². The molecule has 3 unspecified atom stereocenters. The Kier molecular flexibility index (Phi) is 14.0. The lowest BCUT2D eigenvalue weighted by atomic mass is 10.1. The molecule has 40 heavy (non-hydrogen) atoms. The van der Waals surface area contributed by atoms with Gasteiger partial charge in [0.2, 0.25) is 0 Å². The minimum Gasteiger partial charge on any atom is -0.103 e. The Morgan fingerprint density at radius 1 is 0.475 bits per heavy atom. The molecule has 0 radical (unpaired) electrons. The molecule has 0 saturated heterocycles. The number of hydrogen-bond acceptors (Lipinski definition) is 0. The van der Waals surface area contributed by atoms with E-state index in [2.05, 4.69) is 136 Å². The maximum Gasteiger partial charge on any atom is 0.0886 e. The molecule has 0 amide bonds. The highest BCUT2D eigenvalue weighted by Crippen LogP contribution is 2.51. The lowest BCUT2D eigenvalue weighted by molar-refractivity contribution is 0.560. The smallest absolute Gasteiger partial charge is 0.0886 e. The summed E-state index contributed by atoms with van der Waals surface area (Å²) >= 11 is 0. The average molecular weight is 549 g/mol. The Morgan fingerprint density at radius 3 is 1.07 bits per heavy atom. The summed E-state index contributed by atoms with van der Waals surface area (Å²) in [6.07, 6.45) is 20.3. The van der Waals surface area contributed by atoms with Gasteiger partial charge in [-0.3, -0.25) is 0 Å². The van der Waals surface area contributed by atoms with E-state index in [0.29, 0.717) is 0 Å². The second-order valence-electron chi connectivity index (χ2n) is 11.4. The first kappa shape index (κ1) is 31.6. The van der Waals surface area contributed by atoms with Crippen molar-refractivity contribution in [2.24, 2.45) is 0 Å². The van der Waals surface area contributed by atoms with Crippen molar-refractivity contribution in [3.8, 4) is 0 Å². The van der Waals surface area contributed by atoms with E-state index < -0.39 is 8.07 Å². The summed E-state index contributed by atoms with van der Waals surface area (Å²) < 4.78 is 0. The van der Waals surface area contributed by atoms with Crippen LogP contribution in [-0.2, 0) is 0 Å². The summed E-state index contributed by atoms with van der Waals surface area (Å²) in [5, 5.41) is 0. The zero-order chi connectivity index (χ0) is 28.5. The highest BCUT2D eigenvalue weighted by molar-refractivity contribution is 6.85. The van der Waals surface area contributed by atoms with Crippen molar-refractivity contribution in [2.75, 3.05) is 0 Å². The van der Waals surface area contributed by atoms with Gasteiger partial charge in [0.15, 0.2) is 0 Å². The molecular weight excluding hydrogens is 497 g/mol. The summed E-state index contributed by atoms with van der Waals surface area (Å²) in [7, 11) is -2.35. The fourth-order valence-electron chi connectivity index (χ4n) is 6.94. The Hall–Kier alpha value is -2.90. The molecular formula is C39H52Si. The molecule has 0 spiro atoms. The molecule has 0 saturated carbocycles. The van der Waals surface area contributed by atoms with Gasteiger partial charge in [0, 0.05) is 0 Å². The number of allylic oxidation sites excluding steroid dienone is 3. The number of benzene rings is 3. The Balaban J connectivity index is 1.99. The minimum atomic E-state index is -2.35. The molecule has 3 aromatic rings. The first-order valence-electron chi connectivity index (χ1n) is 15.7. The molecule has 0 aromatic heterocycles. The molecule has 0 aliphatic rings. The van der Waals surface area contributed by atoms with Crippen molar-refractivity contribution in [3.05, 3.63) is 146 Å². The van der Waals surface area contributed by atoms with Crippen LogP contribution in [0.1, 0.15) is 104 Å². The Bertz CT molecular complexity index is 976. The minimum absolute atomic E-state index is 0.277. The Morgan fingerprint density at radius 2 is 0.775 bits per heavy atom. The van der Waals surface area contributed by atoms with E-state index in [1.807, 2.05) is 0 Å². The van der Waals surface area contributed by atoms with Crippen LogP contribution >= 0.6 is 0 Å². The van der Waals surface area contributed by atoms with Crippen LogP contribution in [-0.4, -0.2) is 8.07 Å². The maximum absolute atomic E-state index is 4.49. The average Bonchev–Trinajstić information content (AvgIpc) is 3.01. The topological polar surface area (TPSA) is 0 Å². The van der Waals surface area contributed by atoms with Gasteiger partial charge in [-0.2, -0.15) is 0 Å². The van der Waals surface area contributed by atoms with Crippen LogP contribution in [0.15, 0.2) is 129 Å². The zero-order valence-electron chi connectivity index (χ0n) is 25.0. The van der Waals surface area contributed by atoms with E-state index in [1.165, 1.54) is 86.9 Å². The van der Waals surface area contributed by atoms with Gasteiger partial charge in [0.05, 0.1) is 8.07 Å². The van der Waals surface area contributed by atoms with Crippen LogP contribution in [0, 0.1) is 0 Å². The number of rotatable bonds is 20. The molecule has 3 aromatic carbocycles. The van der Waals surface area contributed by atoms with E-state index in [1.54, 1.807) is 0 Å². The zero-order valence-corrected chi connectivity index (χ0v) is 26.0. The van der Waals surface area contributed by atoms with Crippen LogP contribution in [0.25, 0.3) is 0 Å². The third-order valence-corrected chi connectivity index (χ3v) is 15.3. The van der Waals surface area contributed by atoms with Crippen LogP contribution in [0.3, 0.4) is 0 Å². The summed E-state index contributed by atoms with van der Waals surface area (Å²) in [5.74, 6) is 0. The largest absolute Gasteiger partial charge is 0.103 e. The van der Waals surface area contributed by atoms with Crippen LogP contribution < -0.4 is 0 Å². The van der Waals surface area contributed by atoms with Crippen molar-refractivity contribution in [2.45, 2.75) is 93.8 Å². The first-order chi connectivity index (χ1) is 19.7. The van der Waals surface area contributed by atoms with Crippen LogP contribution in [0.5, 0.6) is 0 Å². The van der Waals surface area contributed by atoms with Gasteiger partial charge in [-0.15, -0.1) is 19.7 Å². The molecule has 0 aliphatic heterocycles. The molecule has 1 heteroatoms. The highest BCUT2D eigenvalue weighted by Gasteiger charge is 2.51. The molecule has 3 atom stereocenters. The van der Waals surface area contributed by atoms with Crippen molar-refractivity contribution in [1.82, 2.24) is 0 Å². The van der Waals surface area contributed by atoms with Crippen LogP contribution in [0.4, 0.5) is 0 Å². The third kappa shape index (κ3) is 8.30. The fraction of sp³-hybridized carbons (Fsp3) is 0.385. The summed E-state index contributed by atoms with van der Waals surface area (Å²) in [5.41, 5.74) is 4.96. The van der Waals surface area contributed by atoms with Gasteiger partial charge in [0.1, 0.15) is 0 Å². The van der Waals surface area contributed by atoms with E-state index in [-0.39, 0.29) is 16.6 Å². The number of hydrogen-bond donors (Lipinski definition) is 0. The second kappa shape index (κ2) is 17.7. The van der Waals surface area contributed by atoms with E-state index in [9.17, 15) is 0 Å². The molecule has 0 nitrogen and oxygen atoms in total. The second-order valence-corrected chi connectivity index (χ2v) is 16.0. The molecule has 0 heterocycles. The fourth-order valence-corrected chi connectivity index (χ4v) is 13.7. The monoisotopic (exact) mass is 548 g/mol. The van der Waals surface area contributed by atoms with Crippen molar-refractivity contribution >= 4 is 8.07 Å². The summed E-state index contributed by atoms with van der Waals surface area (Å²) in [6, 6.07) is 34.5.